The van der Waals surface area contributed by atoms with Crippen LogP contribution < -0.4 is 24.8 Å². The minimum absolute atomic E-state index is 0. The molecule has 0 amide bonds. The largest absolute Gasteiger partial charge is 3.00 e. The first-order valence-electron chi connectivity index (χ1n) is 5.63. The molecular weight excluding hydrogens is 342 g/mol. The molecule has 2 rings (SSSR count). The number of rotatable bonds is 1. The van der Waals surface area contributed by atoms with E-state index in [0.717, 1.165) is 6.42 Å². The van der Waals surface area contributed by atoms with Gasteiger partial charge in [0, 0.05) is 0 Å². The molecule has 0 fully saturated rings. The topological polar surface area (TPSA) is 0 Å². The molecule has 0 N–H and O–H groups in total. The zero-order chi connectivity index (χ0) is 11.2. The van der Waals surface area contributed by atoms with E-state index in [1.54, 1.807) is 0 Å². The maximum absolute atomic E-state index is 3.51. The first kappa shape index (κ1) is 20.7. The van der Waals surface area contributed by atoms with Crippen molar-refractivity contribution >= 4 is 0 Å². The quantitative estimate of drug-likeness (QED) is 0.493. The number of hydrogen-bond donors (Lipinski definition) is 0. The van der Waals surface area contributed by atoms with Crippen LogP contribution in [-0.4, -0.2) is 0 Å². The van der Waals surface area contributed by atoms with E-state index >= 15 is 0 Å². The maximum Gasteiger partial charge on any atom is 3.00 e. The maximum atomic E-state index is 3.51. The normalized spacial score (nSPS) is 25.5. The Bertz CT molecular complexity index is 441. The molecule has 0 nitrogen and oxygen atoms in total. The fourth-order valence-electron chi connectivity index (χ4n) is 2.74. The molecule has 0 aromatic heterocycles. The number of hydrogen-bond acceptors (Lipinski definition) is 0. The summed E-state index contributed by atoms with van der Waals surface area (Å²) in [5.41, 5.74) is 7.24. The van der Waals surface area contributed by atoms with Crippen molar-refractivity contribution in [2.45, 2.75) is 41.0 Å². The van der Waals surface area contributed by atoms with Crippen LogP contribution in [0.5, 0.6) is 0 Å². The van der Waals surface area contributed by atoms with Crippen LogP contribution in [0.3, 0.4) is 0 Å². The summed E-state index contributed by atoms with van der Waals surface area (Å²) in [6.07, 6.45) is 9.15. The monoisotopic (exact) mass is 359 g/mol. The summed E-state index contributed by atoms with van der Waals surface area (Å²) >= 11 is 0. The molecule has 0 aromatic carbocycles. The first-order valence-corrected chi connectivity index (χ1v) is 5.63. The second kappa shape index (κ2) is 7.27. The molecule has 0 aromatic rings. The van der Waals surface area contributed by atoms with Crippen LogP contribution in [0.1, 0.15) is 41.0 Å². The van der Waals surface area contributed by atoms with Crippen LogP contribution in [0.15, 0.2) is 40.0 Å². The van der Waals surface area contributed by atoms with Gasteiger partial charge in [0.2, 0.25) is 0 Å². The van der Waals surface area contributed by atoms with E-state index in [0.29, 0.717) is 0 Å². The Balaban J connectivity index is 0. The molecule has 0 saturated heterocycles. The van der Waals surface area contributed by atoms with Crippen molar-refractivity contribution < 1.29 is 51.0 Å². The van der Waals surface area contributed by atoms with E-state index in [9.17, 15) is 0 Å². The van der Waals surface area contributed by atoms with Crippen molar-refractivity contribution in [1.82, 2.24) is 0 Å². The van der Waals surface area contributed by atoms with E-state index in [1.807, 2.05) is 0 Å². The summed E-state index contributed by atoms with van der Waals surface area (Å²) in [6.45, 7) is 11.2. The van der Waals surface area contributed by atoms with Gasteiger partial charge < -0.3 is 24.8 Å². The predicted octanol–water partition coefficient (Wildman–Crippen LogP) is -1.63. The van der Waals surface area contributed by atoms with Gasteiger partial charge in [-0.15, -0.1) is 13.3 Å². The minimum atomic E-state index is 0. The number of halogens is 2. The number of allylic oxidation sites excluding steroid dienone is 8. The molecule has 0 aliphatic heterocycles. The minimum Gasteiger partial charge on any atom is -1.00 e. The van der Waals surface area contributed by atoms with Crippen molar-refractivity contribution in [3.8, 4) is 0 Å². The van der Waals surface area contributed by atoms with Gasteiger partial charge in [0.25, 0.3) is 0 Å². The van der Waals surface area contributed by atoms with Crippen LogP contribution in [0.4, 0.5) is 0 Å². The van der Waals surface area contributed by atoms with Crippen molar-refractivity contribution in [1.29, 1.82) is 0 Å². The molecular formula is C15H19Cl2Zr. The van der Waals surface area contributed by atoms with Crippen molar-refractivity contribution in [2.24, 2.45) is 5.41 Å². The van der Waals surface area contributed by atoms with Gasteiger partial charge in [-0.25, -0.2) is 5.57 Å². The van der Waals surface area contributed by atoms with Crippen LogP contribution in [-0.2, 0) is 26.2 Å². The SMILES string of the molecule is CC1=CC[C-]=C1C1(C)C=C(C)C(C)=C1C.[Cl-].[Cl-].[Zr+3]. The van der Waals surface area contributed by atoms with Gasteiger partial charge in [-0.05, 0) is 31.8 Å². The summed E-state index contributed by atoms with van der Waals surface area (Å²) in [5, 5.41) is 0. The molecule has 1 unspecified atom stereocenters. The van der Waals surface area contributed by atoms with E-state index in [2.05, 4.69) is 52.8 Å². The molecule has 1 radical (unpaired) electrons. The summed E-state index contributed by atoms with van der Waals surface area (Å²) in [6, 6.07) is 0. The van der Waals surface area contributed by atoms with Gasteiger partial charge in [-0.1, -0.05) is 24.1 Å². The van der Waals surface area contributed by atoms with Gasteiger partial charge in [-0.2, -0.15) is 11.6 Å². The summed E-state index contributed by atoms with van der Waals surface area (Å²) in [5.74, 6) is 0. The second-order valence-electron chi connectivity index (χ2n) is 4.92. The van der Waals surface area contributed by atoms with Gasteiger partial charge in [0.05, 0.1) is 0 Å². The second-order valence-corrected chi connectivity index (χ2v) is 4.92. The standard InChI is InChI=1S/C15H19.2ClH.Zr/c1-10-7-6-8-14(10)15(5)9-11(2)12(3)13(15)4;;;/h7,9H,6H2,1-5H3;2*1H;/q-1;;;+3/p-2. The van der Waals surface area contributed by atoms with Crippen molar-refractivity contribution in [2.75, 3.05) is 0 Å². The fraction of sp³-hybridized carbons (Fsp3) is 0.467. The van der Waals surface area contributed by atoms with E-state index < -0.39 is 0 Å². The Labute approximate surface area is 143 Å². The van der Waals surface area contributed by atoms with Crippen LogP contribution in [0.2, 0.25) is 0 Å². The molecule has 1 atom stereocenters. The summed E-state index contributed by atoms with van der Waals surface area (Å²) < 4.78 is 0. The molecule has 2 aliphatic carbocycles. The zero-order valence-electron chi connectivity index (χ0n) is 11.6. The van der Waals surface area contributed by atoms with E-state index in [-0.39, 0.29) is 56.4 Å². The average molecular weight is 361 g/mol. The first-order chi connectivity index (χ1) is 6.97. The Kier molecular flexibility index (Phi) is 8.38. The van der Waals surface area contributed by atoms with Crippen LogP contribution in [0, 0.1) is 11.5 Å². The smallest absolute Gasteiger partial charge is 1.00 e. The van der Waals surface area contributed by atoms with Crippen molar-refractivity contribution in [3.05, 3.63) is 46.1 Å². The molecule has 97 valence electrons. The summed E-state index contributed by atoms with van der Waals surface area (Å²) in [7, 11) is 0. The third-order valence-electron chi connectivity index (χ3n) is 4.04. The molecule has 0 bridgehead atoms. The van der Waals surface area contributed by atoms with Crippen LogP contribution in [0.25, 0.3) is 0 Å². The van der Waals surface area contributed by atoms with E-state index in [1.165, 1.54) is 27.9 Å². The van der Waals surface area contributed by atoms with Crippen LogP contribution >= 0.6 is 0 Å². The third-order valence-corrected chi connectivity index (χ3v) is 4.04. The van der Waals surface area contributed by atoms with Gasteiger partial charge in [0.1, 0.15) is 0 Å². The Hall–Kier alpha value is 0.423. The molecule has 0 heterocycles. The molecule has 0 saturated carbocycles. The Morgan fingerprint density at radius 3 is 1.94 bits per heavy atom. The third kappa shape index (κ3) is 3.11. The molecule has 2 aliphatic rings. The Morgan fingerprint density at radius 2 is 1.61 bits per heavy atom. The fourth-order valence-corrected chi connectivity index (χ4v) is 2.74. The zero-order valence-corrected chi connectivity index (χ0v) is 15.6. The molecule has 0 spiro atoms. The molecule has 3 heteroatoms. The summed E-state index contributed by atoms with van der Waals surface area (Å²) in [4.78, 5) is 0. The molecule has 18 heavy (non-hydrogen) atoms. The predicted molar refractivity (Wildman–Crippen MR) is 65.4 cm³/mol. The van der Waals surface area contributed by atoms with Gasteiger partial charge in [-0.3, -0.25) is 6.08 Å². The van der Waals surface area contributed by atoms with Gasteiger partial charge in [0.15, 0.2) is 0 Å². The Morgan fingerprint density at radius 1 is 1.06 bits per heavy atom. The average Bonchev–Trinajstić information content (AvgIpc) is 2.68. The van der Waals surface area contributed by atoms with E-state index in [4.69, 9.17) is 0 Å². The van der Waals surface area contributed by atoms with Gasteiger partial charge >= 0.3 is 26.2 Å². The van der Waals surface area contributed by atoms with Crippen molar-refractivity contribution in [3.63, 3.8) is 0 Å².